The van der Waals surface area contributed by atoms with Crippen molar-refractivity contribution in [1.29, 1.82) is 5.26 Å². The van der Waals surface area contributed by atoms with Gasteiger partial charge in [-0.25, -0.2) is 0 Å². The van der Waals surface area contributed by atoms with Gasteiger partial charge in [0, 0.05) is 0 Å². The smallest absolute Gasteiger partial charge is 0.0804 e. The Bertz CT molecular complexity index is 245. The third-order valence-electron chi connectivity index (χ3n) is 4.07. The predicted molar refractivity (Wildman–Crippen MR) is 61.1 cm³/mol. The van der Waals surface area contributed by atoms with E-state index in [1.807, 2.05) is 13.8 Å². The summed E-state index contributed by atoms with van der Waals surface area (Å²) in [5.74, 6) is 1.04. The first-order valence-electron chi connectivity index (χ1n) is 6.12. The molecule has 0 bridgehead atoms. The van der Waals surface area contributed by atoms with E-state index >= 15 is 0 Å². The van der Waals surface area contributed by atoms with Crippen molar-refractivity contribution in [3.05, 3.63) is 0 Å². The number of nitriles is 1. The lowest BCUT2D eigenvalue weighted by atomic mass is 9.70. The van der Waals surface area contributed by atoms with Crippen molar-refractivity contribution < 1.29 is 5.11 Å². The third-order valence-corrected chi connectivity index (χ3v) is 4.07. The highest BCUT2D eigenvalue weighted by atomic mass is 16.3. The molecule has 4 unspecified atom stereocenters. The highest BCUT2D eigenvalue weighted by molar-refractivity contribution is 5.02. The first kappa shape index (κ1) is 12.5. The van der Waals surface area contributed by atoms with Crippen LogP contribution in [-0.2, 0) is 0 Å². The average molecular weight is 209 g/mol. The van der Waals surface area contributed by atoms with Crippen LogP contribution in [0.15, 0.2) is 0 Å². The van der Waals surface area contributed by atoms with E-state index in [9.17, 15) is 5.11 Å². The molecular formula is C13H23NO. The summed E-state index contributed by atoms with van der Waals surface area (Å²) in [6, 6.07) is 2.29. The average Bonchev–Trinajstić information content (AvgIpc) is 2.27. The second-order valence-electron chi connectivity index (χ2n) is 5.36. The molecule has 0 heterocycles. The van der Waals surface area contributed by atoms with Crippen LogP contribution in [0, 0.1) is 28.6 Å². The maximum Gasteiger partial charge on any atom is 0.0804 e. The minimum atomic E-state index is -0.554. The molecule has 0 radical (unpaired) electrons. The Morgan fingerprint density at radius 1 is 1.53 bits per heavy atom. The van der Waals surface area contributed by atoms with E-state index in [4.69, 9.17) is 5.26 Å². The van der Waals surface area contributed by atoms with Crippen LogP contribution in [0.2, 0.25) is 0 Å². The molecule has 0 saturated heterocycles. The molecule has 1 rings (SSSR count). The van der Waals surface area contributed by atoms with E-state index in [0.29, 0.717) is 11.8 Å². The molecule has 1 saturated carbocycles. The molecule has 0 aromatic carbocycles. The Labute approximate surface area is 93.3 Å². The van der Waals surface area contributed by atoms with Crippen molar-refractivity contribution in [3.63, 3.8) is 0 Å². The topological polar surface area (TPSA) is 44.0 Å². The molecule has 1 fully saturated rings. The number of hydrogen-bond acceptors (Lipinski definition) is 2. The van der Waals surface area contributed by atoms with Crippen molar-refractivity contribution >= 4 is 0 Å². The summed E-state index contributed by atoms with van der Waals surface area (Å²) in [7, 11) is 0. The monoisotopic (exact) mass is 209 g/mol. The molecule has 86 valence electrons. The van der Waals surface area contributed by atoms with Crippen LogP contribution in [-0.4, -0.2) is 11.2 Å². The highest BCUT2D eigenvalue weighted by Gasteiger charge is 2.38. The van der Waals surface area contributed by atoms with Gasteiger partial charge in [-0.05, 0) is 38.0 Å². The second-order valence-corrected chi connectivity index (χ2v) is 5.36. The Morgan fingerprint density at radius 3 is 2.67 bits per heavy atom. The Hall–Kier alpha value is -0.550. The third kappa shape index (κ3) is 2.72. The van der Waals surface area contributed by atoms with Crippen molar-refractivity contribution in [2.24, 2.45) is 17.3 Å². The van der Waals surface area contributed by atoms with Crippen molar-refractivity contribution in [3.8, 4) is 6.07 Å². The van der Waals surface area contributed by atoms with E-state index in [0.717, 1.165) is 19.3 Å². The Morgan fingerprint density at radius 2 is 2.20 bits per heavy atom. The standard InChI is InChI=1S/C13H23NO/c1-4-13(3,9-14)12(15)11-7-5-6-10(2)8-11/h10-12,15H,4-8H2,1-3H3. The summed E-state index contributed by atoms with van der Waals surface area (Å²) in [6.45, 7) is 6.12. The lowest BCUT2D eigenvalue weighted by molar-refractivity contribution is -0.00186. The zero-order valence-electron chi connectivity index (χ0n) is 10.2. The lowest BCUT2D eigenvalue weighted by Crippen LogP contribution is -2.38. The van der Waals surface area contributed by atoms with Crippen LogP contribution >= 0.6 is 0 Å². The van der Waals surface area contributed by atoms with Gasteiger partial charge in [0.15, 0.2) is 0 Å². The molecule has 2 heteroatoms. The summed E-state index contributed by atoms with van der Waals surface area (Å²) in [5, 5.41) is 19.4. The van der Waals surface area contributed by atoms with Gasteiger partial charge >= 0.3 is 0 Å². The fourth-order valence-corrected chi connectivity index (χ4v) is 2.64. The first-order chi connectivity index (χ1) is 7.03. The summed E-state index contributed by atoms with van der Waals surface area (Å²) in [5.41, 5.74) is -0.554. The van der Waals surface area contributed by atoms with Crippen LogP contribution in [0.5, 0.6) is 0 Å². The molecule has 2 nitrogen and oxygen atoms in total. The maximum absolute atomic E-state index is 10.3. The number of nitrogens with zero attached hydrogens (tertiary/aromatic N) is 1. The molecule has 0 amide bonds. The van der Waals surface area contributed by atoms with Crippen LogP contribution in [0.4, 0.5) is 0 Å². The quantitative estimate of drug-likeness (QED) is 0.776. The minimum Gasteiger partial charge on any atom is -0.391 e. The number of rotatable bonds is 3. The van der Waals surface area contributed by atoms with Gasteiger partial charge in [0.2, 0.25) is 0 Å². The van der Waals surface area contributed by atoms with Crippen LogP contribution < -0.4 is 0 Å². The highest BCUT2D eigenvalue weighted by Crippen LogP contribution is 2.38. The number of hydrogen-bond donors (Lipinski definition) is 1. The molecule has 15 heavy (non-hydrogen) atoms. The number of aliphatic hydroxyl groups is 1. The molecule has 1 N–H and O–H groups in total. The van der Waals surface area contributed by atoms with Crippen LogP contribution in [0.3, 0.4) is 0 Å². The molecule has 1 aliphatic rings. The molecule has 0 aromatic rings. The van der Waals surface area contributed by atoms with Gasteiger partial charge in [-0.15, -0.1) is 0 Å². The van der Waals surface area contributed by atoms with E-state index in [2.05, 4.69) is 13.0 Å². The Balaban J connectivity index is 2.66. The summed E-state index contributed by atoms with van der Waals surface area (Å²) in [6.07, 6.45) is 4.93. The largest absolute Gasteiger partial charge is 0.391 e. The summed E-state index contributed by atoms with van der Waals surface area (Å²) in [4.78, 5) is 0. The first-order valence-corrected chi connectivity index (χ1v) is 6.12. The van der Waals surface area contributed by atoms with E-state index in [1.54, 1.807) is 0 Å². The fourth-order valence-electron chi connectivity index (χ4n) is 2.64. The second kappa shape index (κ2) is 4.99. The molecule has 0 aliphatic heterocycles. The van der Waals surface area contributed by atoms with Crippen molar-refractivity contribution in [1.82, 2.24) is 0 Å². The fraction of sp³-hybridized carbons (Fsp3) is 0.923. The zero-order valence-corrected chi connectivity index (χ0v) is 10.2. The van der Waals surface area contributed by atoms with Crippen LogP contribution in [0.25, 0.3) is 0 Å². The summed E-state index contributed by atoms with van der Waals surface area (Å²) < 4.78 is 0. The SMILES string of the molecule is CCC(C)(C#N)C(O)C1CCCC(C)C1. The van der Waals surface area contributed by atoms with Gasteiger partial charge in [-0.3, -0.25) is 0 Å². The van der Waals surface area contributed by atoms with Crippen LogP contribution in [0.1, 0.15) is 52.9 Å². The van der Waals surface area contributed by atoms with Gasteiger partial charge in [-0.1, -0.05) is 26.7 Å². The van der Waals surface area contributed by atoms with E-state index in [1.165, 1.54) is 12.8 Å². The van der Waals surface area contributed by atoms with Crippen molar-refractivity contribution in [2.75, 3.05) is 0 Å². The van der Waals surface area contributed by atoms with Crippen molar-refractivity contribution in [2.45, 2.75) is 59.0 Å². The molecule has 1 aliphatic carbocycles. The lowest BCUT2D eigenvalue weighted by Gasteiger charge is -2.37. The van der Waals surface area contributed by atoms with Gasteiger partial charge < -0.3 is 5.11 Å². The van der Waals surface area contributed by atoms with E-state index in [-0.39, 0.29) is 0 Å². The van der Waals surface area contributed by atoms with Gasteiger partial charge in [0.1, 0.15) is 0 Å². The molecular weight excluding hydrogens is 186 g/mol. The predicted octanol–water partition coefficient (Wildman–Crippen LogP) is 3.11. The molecule has 4 atom stereocenters. The van der Waals surface area contributed by atoms with Gasteiger partial charge in [0.25, 0.3) is 0 Å². The van der Waals surface area contributed by atoms with Gasteiger partial charge in [-0.2, -0.15) is 5.26 Å². The minimum absolute atomic E-state index is 0.332. The molecule has 0 spiro atoms. The maximum atomic E-state index is 10.3. The normalized spacial score (nSPS) is 32.7. The Kier molecular flexibility index (Phi) is 4.16. The zero-order chi connectivity index (χ0) is 11.5. The van der Waals surface area contributed by atoms with E-state index < -0.39 is 11.5 Å². The number of aliphatic hydroxyl groups excluding tert-OH is 1. The summed E-state index contributed by atoms with van der Waals surface area (Å²) >= 11 is 0. The molecule has 0 aromatic heterocycles. The van der Waals surface area contributed by atoms with Gasteiger partial charge in [0.05, 0.1) is 17.6 Å².